The molecule has 0 unspecified atom stereocenters. The van der Waals surface area contributed by atoms with Crippen LogP contribution in [0.3, 0.4) is 0 Å². The van der Waals surface area contributed by atoms with E-state index in [4.69, 9.17) is 0 Å². The van der Waals surface area contributed by atoms with Gasteiger partial charge in [0.15, 0.2) is 10.8 Å². The SMILES string of the molecule is CCc1nnc2sc(-c3nn(CC)cc3Br)nn12. The van der Waals surface area contributed by atoms with Gasteiger partial charge >= 0.3 is 0 Å². The Bertz CT molecular complexity index is 696. The van der Waals surface area contributed by atoms with Crippen molar-refractivity contribution in [2.75, 3.05) is 0 Å². The molecule has 0 bridgehead atoms. The summed E-state index contributed by atoms with van der Waals surface area (Å²) < 4.78 is 4.62. The molecular formula is C10H11BrN6S. The summed E-state index contributed by atoms with van der Waals surface area (Å²) in [6, 6.07) is 0. The van der Waals surface area contributed by atoms with Crippen molar-refractivity contribution in [3.05, 3.63) is 16.5 Å². The highest BCUT2D eigenvalue weighted by Gasteiger charge is 2.16. The second-order valence-electron chi connectivity index (χ2n) is 3.75. The van der Waals surface area contributed by atoms with Crippen molar-refractivity contribution in [1.82, 2.24) is 29.6 Å². The lowest BCUT2D eigenvalue weighted by molar-refractivity contribution is 0.661. The Kier molecular flexibility index (Phi) is 2.90. The van der Waals surface area contributed by atoms with Crippen LogP contribution >= 0.6 is 27.3 Å². The van der Waals surface area contributed by atoms with Crippen molar-refractivity contribution in [2.45, 2.75) is 26.8 Å². The molecule has 0 N–H and O–H groups in total. The average molecular weight is 327 g/mol. The summed E-state index contributed by atoms with van der Waals surface area (Å²) in [5, 5.41) is 18.1. The van der Waals surface area contributed by atoms with Gasteiger partial charge in [-0.1, -0.05) is 18.3 Å². The largest absolute Gasteiger partial charge is 0.271 e. The second-order valence-corrected chi connectivity index (χ2v) is 5.56. The number of halogens is 1. The third-order valence-electron chi connectivity index (χ3n) is 2.62. The molecule has 0 radical (unpaired) electrons. The molecular weight excluding hydrogens is 316 g/mol. The van der Waals surface area contributed by atoms with Gasteiger partial charge in [-0.05, 0) is 22.9 Å². The van der Waals surface area contributed by atoms with E-state index in [1.165, 1.54) is 11.3 Å². The summed E-state index contributed by atoms with van der Waals surface area (Å²) in [7, 11) is 0. The van der Waals surface area contributed by atoms with Crippen LogP contribution in [0.2, 0.25) is 0 Å². The molecule has 0 aliphatic rings. The lowest BCUT2D eigenvalue weighted by Crippen LogP contribution is -1.95. The van der Waals surface area contributed by atoms with Gasteiger partial charge in [-0.15, -0.1) is 10.2 Å². The molecule has 94 valence electrons. The Balaban J connectivity index is 2.13. The summed E-state index contributed by atoms with van der Waals surface area (Å²) in [4.78, 5) is 0.805. The van der Waals surface area contributed by atoms with Crippen LogP contribution in [0, 0.1) is 0 Å². The van der Waals surface area contributed by atoms with Crippen LogP contribution in [0.25, 0.3) is 15.7 Å². The number of aryl methyl sites for hydroxylation is 2. The molecule has 0 aliphatic carbocycles. The fraction of sp³-hybridized carbons (Fsp3) is 0.400. The van der Waals surface area contributed by atoms with Gasteiger partial charge in [-0.2, -0.15) is 14.7 Å². The monoisotopic (exact) mass is 326 g/mol. The summed E-state index contributed by atoms with van der Waals surface area (Å²) in [5.41, 5.74) is 0.856. The zero-order valence-corrected chi connectivity index (χ0v) is 12.4. The lowest BCUT2D eigenvalue weighted by atomic mass is 10.4. The van der Waals surface area contributed by atoms with Gasteiger partial charge in [0.05, 0.1) is 4.47 Å². The Morgan fingerprint density at radius 3 is 2.78 bits per heavy atom. The average Bonchev–Trinajstić information content (AvgIpc) is 3.01. The van der Waals surface area contributed by atoms with Crippen LogP contribution in [0.4, 0.5) is 0 Å². The topological polar surface area (TPSA) is 60.9 Å². The van der Waals surface area contributed by atoms with Gasteiger partial charge in [0, 0.05) is 19.2 Å². The first-order valence-electron chi connectivity index (χ1n) is 5.67. The first-order chi connectivity index (χ1) is 8.72. The quantitative estimate of drug-likeness (QED) is 0.741. The van der Waals surface area contributed by atoms with Crippen molar-refractivity contribution in [2.24, 2.45) is 0 Å². The highest BCUT2D eigenvalue weighted by molar-refractivity contribution is 9.10. The first kappa shape index (κ1) is 11.8. The van der Waals surface area contributed by atoms with Gasteiger partial charge < -0.3 is 0 Å². The molecule has 3 rings (SSSR count). The Hall–Kier alpha value is -1.28. The van der Waals surface area contributed by atoms with Gasteiger partial charge in [0.2, 0.25) is 4.96 Å². The maximum atomic E-state index is 4.53. The van der Waals surface area contributed by atoms with E-state index >= 15 is 0 Å². The highest BCUT2D eigenvalue weighted by atomic mass is 79.9. The number of aromatic nitrogens is 6. The van der Waals surface area contributed by atoms with Crippen LogP contribution in [-0.2, 0) is 13.0 Å². The Labute approximate surface area is 116 Å². The molecule has 0 saturated carbocycles. The predicted molar refractivity (Wildman–Crippen MR) is 72.6 cm³/mol. The van der Waals surface area contributed by atoms with Crippen LogP contribution in [0.15, 0.2) is 10.7 Å². The van der Waals surface area contributed by atoms with E-state index in [2.05, 4.69) is 43.2 Å². The maximum absolute atomic E-state index is 4.53. The lowest BCUT2D eigenvalue weighted by Gasteiger charge is -1.91. The minimum absolute atomic E-state index is 0.805. The third-order valence-corrected chi connectivity index (χ3v) is 4.10. The normalized spacial score (nSPS) is 11.5. The van der Waals surface area contributed by atoms with Crippen molar-refractivity contribution in [3.8, 4) is 10.7 Å². The fourth-order valence-electron chi connectivity index (χ4n) is 1.68. The van der Waals surface area contributed by atoms with Crippen LogP contribution in [0.1, 0.15) is 19.7 Å². The molecule has 6 nitrogen and oxygen atoms in total. The number of hydrogen-bond acceptors (Lipinski definition) is 5. The number of rotatable bonds is 3. The molecule has 0 saturated heterocycles. The van der Waals surface area contributed by atoms with E-state index in [9.17, 15) is 0 Å². The third kappa shape index (κ3) is 1.76. The second kappa shape index (κ2) is 4.43. The molecule has 0 fully saturated rings. The van der Waals surface area contributed by atoms with Crippen LogP contribution in [-0.4, -0.2) is 29.6 Å². The Morgan fingerprint density at radius 1 is 1.28 bits per heavy atom. The molecule has 3 heterocycles. The van der Waals surface area contributed by atoms with Crippen molar-refractivity contribution < 1.29 is 0 Å². The minimum Gasteiger partial charge on any atom is -0.271 e. The van der Waals surface area contributed by atoms with E-state index in [1.54, 1.807) is 4.52 Å². The van der Waals surface area contributed by atoms with Gasteiger partial charge in [-0.3, -0.25) is 4.68 Å². The van der Waals surface area contributed by atoms with E-state index in [-0.39, 0.29) is 0 Å². The fourth-order valence-corrected chi connectivity index (χ4v) is 3.17. The summed E-state index contributed by atoms with van der Waals surface area (Å²) in [6.07, 6.45) is 2.77. The summed E-state index contributed by atoms with van der Waals surface area (Å²) in [6.45, 7) is 4.93. The zero-order chi connectivity index (χ0) is 12.7. The van der Waals surface area contributed by atoms with Crippen LogP contribution < -0.4 is 0 Å². The first-order valence-corrected chi connectivity index (χ1v) is 7.28. The predicted octanol–water partition coefficient (Wildman–Crippen LogP) is 2.39. The zero-order valence-electron chi connectivity index (χ0n) is 9.96. The molecule has 3 aromatic heterocycles. The van der Waals surface area contributed by atoms with E-state index in [1.807, 2.05) is 17.8 Å². The standard InChI is InChI=1S/C10H11BrN6S/c1-3-7-12-13-10-17(7)15-9(18-10)8-6(11)5-16(4-2)14-8/h5H,3-4H2,1-2H3. The minimum atomic E-state index is 0.805. The summed E-state index contributed by atoms with van der Waals surface area (Å²) in [5.74, 6) is 0.874. The number of nitrogens with zero attached hydrogens (tertiary/aromatic N) is 6. The molecule has 0 amide bonds. The van der Waals surface area contributed by atoms with E-state index in [0.29, 0.717) is 0 Å². The highest BCUT2D eigenvalue weighted by Crippen LogP contribution is 2.30. The molecule has 0 spiro atoms. The van der Waals surface area contributed by atoms with Crippen molar-refractivity contribution in [1.29, 1.82) is 0 Å². The van der Waals surface area contributed by atoms with Crippen molar-refractivity contribution >= 4 is 32.2 Å². The van der Waals surface area contributed by atoms with E-state index in [0.717, 1.165) is 38.9 Å². The van der Waals surface area contributed by atoms with Crippen molar-refractivity contribution in [3.63, 3.8) is 0 Å². The van der Waals surface area contributed by atoms with Gasteiger partial charge in [0.25, 0.3) is 0 Å². The van der Waals surface area contributed by atoms with E-state index < -0.39 is 0 Å². The molecule has 3 aromatic rings. The number of hydrogen-bond donors (Lipinski definition) is 0. The molecule has 8 heteroatoms. The van der Waals surface area contributed by atoms with Gasteiger partial charge in [0.1, 0.15) is 5.69 Å². The molecule has 18 heavy (non-hydrogen) atoms. The molecule has 0 aromatic carbocycles. The maximum Gasteiger partial charge on any atom is 0.235 e. The molecule has 0 atom stereocenters. The number of fused-ring (bicyclic) bond motifs is 1. The molecule has 0 aliphatic heterocycles. The summed E-state index contributed by atoms with van der Waals surface area (Å²) >= 11 is 5.01. The van der Waals surface area contributed by atoms with Gasteiger partial charge in [-0.25, -0.2) is 0 Å². The Morgan fingerprint density at radius 2 is 2.11 bits per heavy atom. The smallest absolute Gasteiger partial charge is 0.235 e. The van der Waals surface area contributed by atoms with Crippen LogP contribution in [0.5, 0.6) is 0 Å².